The molecule has 124 valence electrons. The minimum atomic E-state index is -0.0548. The Hall–Kier alpha value is -0.340. The summed E-state index contributed by atoms with van der Waals surface area (Å²) in [6, 6.07) is 0. The van der Waals surface area contributed by atoms with Gasteiger partial charge in [-0.25, -0.2) is 0 Å². The zero-order valence-corrected chi connectivity index (χ0v) is 14.5. The van der Waals surface area contributed by atoms with Crippen LogP contribution in [0.5, 0.6) is 0 Å². The summed E-state index contributed by atoms with van der Waals surface area (Å²) in [5.41, 5.74) is 2.30. The van der Waals surface area contributed by atoms with Gasteiger partial charge in [-0.05, 0) is 80.0 Å². The fourth-order valence-electron chi connectivity index (χ4n) is 6.80. The number of ether oxygens (including phenoxy) is 1. The minimum absolute atomic E-state index is 0.0548. The second kappa shape index (κ2) is 5.08. The molecule has 4 aliphatic rings. The lowest BCUT2D eigenvalue weighted by atomic mass is 9.48. The zero-order valence-electron chi connectivity index (χ0n) is 14.5. The van der Waals surface area contributed by atoms with Gasteiger partial charge in [0.05, 0.1) is 12.2 Å². The van der Waals surface area contributed by atoms with E-state index in [1.54, 1.807) is 5.57 Å². The molecule has 0 aromatic carbocycles. The smallest absolute Gasteiger partial charge is 0.0608 e. The lowest BCUT2D eigenvalue weighted by Crippen LogP contribution is -2.51. The van der Waals surface area contributed by atoms with Crippen molar-refractivity contribution in [3.8, 4) is 0 Å². The van der Waals surface area contributed by atoms with E-state index < -0.39 is 0 Å². The van der Waals surface area contributed by atoms with E-state index in [4.69, 9.17) is 4.74 Å². The number of fused-ring (bicyclic) bond motifs is 5. The topological polar surface area (TPSA) is 29.5 Å². The first-order valence-electron chi connectivity index (χ1n) is 9.39. The second-order valence-electron chi connectivity index (χ2n) is 9.00. The van der Waals surface area contributed by atoms with Crippen LogP contribution in [-0.2, 0) is 4.74 Å². The van der Waals surface area contributed by atoms with E-state index >= 15 is 0 Å². The highest BCUT2D eigenvalue weighted by Gasteiger charge is 2.58. The maximum atomic E-state index is 10.5. The standard InChI is InChI=1S/C20H32O2/c1-19-10-8-14(22-3)12-13(19)4-5-15-16-6-7-18(21)20(16,2)11-9-17(15)19/h4,14-18,21H,5-12H2,1-3H3/t14-,15-,16-,17-,18-,19-,20-/m0/s1. The molecule has 0 heterocycles. The van der Waals surface area contributed by atoms with Crippen molar-refractivity contribution >= 4 is 0 Å². The Labute approximate surface area is 135 Å². The van der Waals surface area contributed by atoms with Crippen molar-refractivity contribution in [3.05, 3.63) is 11.6 Å². The predicted molar refractivity (Wildman–Crippen MR) is 88.5 cm³/mol. The van der Waals surface area contributed by atoms with Crippen molar-refractivity contribution in [2.75, 3.05) is 7.11 Å². The summed E-state index contributed by atoms with van der Waals surface area (Å²) in [5.74, 6) is 2.40. The fraction of sp³-hybridized carbons (Fsp3) is 0.900. The molecule has 0 aromatic heterocycles. The van der Waals surface area contributed by atoms with Crippen LogP contribution in [-0.4, -0.2) is 24.4 Å². The lowest BCUT2D eigenvalue weighted by molar-refractivity contribution is -0.0731. The third-order valence-corrected chi connectivity index (χ3v) is 8.34. The van der Waals surface area contributed by atoms with Crippen molar-refractivity contribution in [2.45, 2.75) is 77.4 Å². The Bertz CT molecular complexity index is 484. The fourth-order valence-corrected chi connectivity index (χ4v) is 6.80. The minimum Gasteiger partial charge on any atom is -0.393 e. The van der Waals surface area contributed by atoms with Crippen LogP contribution in [0.3, 0.4) is 0 Å². The number of aliphatic hydroxyl groups excluding tert-OH is 1. The second-order valence-corrected chi connectivity index (χ2v) is 9.00. The number of rotatable bonds is 1. The molecule has 0 amide bonds. The molecule has 0 spiro atoms. The molecular weight excluding hydrogens is 272 g/mol. The van der Waals surface area contributed by atoms with Gasteiger partial charge in [-0.15, -0.1) is 0 Å². The molecule has 0 unspecified atom stereocenters. The highest BCUT2D eigenvalue weighted by Crippen LogP contribution is 2.64. The first-order chi connectivity index (χ1) is 10.5. The SMILES string of the molecule is CO[C@H]1CC[C@@]2(C)C(=CC[C@H]3[C@@H]4CC[C@H](O)[C@@]4(C)CC[C@@H]32)C1. The van der Waals surface area contributed by atoms with E-state index in [0.29, 0.717) is 11.5 Å². The van der Waals surface area contributed by atoms with Crippen molar-refractivity contribution in [2.24, 2.45) is 28.6 Å². The van der Waals surface area contributed by atoms with Crippen LogP contribution in [0.2, 0.25) is 0 Å². The van der Waals surface area contributed by atoms with Crippen molar-refractivity contribution in [1.82, 2.24) is 0 Å². The van der Waals surface area contributed by atoms with Crippen molar-refractivity contribution in [3.63, 3.8) is 0 Å². The maximum Gasteiger partial charge on any atom is 0.0608 e. The van der Waals surface area contributed by atoms with Crippen LogP contribution in [0.1, 0.15) is 65.2 Å². The Morgan fingerprint density at radius 3 is 2.68 bits per heavy atom. The molecule has 0 saturated heterocycles. The normalized spacial score (nSPS) is 54.2. The van der Waals surface area contributed by atoms with Crippen LogP contribution in [0, 0.1) is 28.6 Å². The van der Waals surface area contributed by atoms with E-state index in [-0.39, 0.29) is 11.5 Å². The average Bonchev–Trinajstić information content (AvgIpc) is 2.82. The van der Waals surface area contributed by atoms with Crippen LogP contribution >= 0.6 is 0 Å². The van der Waals surface area contributed by atoms with Crippen LogP contribution in [0.15, 0.2) is 11.6 Å². The summed E-state index contributed by atoms with van der Waals surface area (Å²) < 4.78 is 5.65. The van der Waals surface area contributed by atoms with Gasteiger partial charge in [-0.1, -0.05) is 25.5 Å². The quantitative estimate of drug-likeness (QED) is 0.731. The Kier molecular flexibility index (Phi) is 3.51. The molecule has 22 heavy (non-hydrogen) atoms. The van der Waals surface area contributed by atoms with Gasteiger partial charge >= 0.3 is 0 Å². The van der Waals surface area contributed by atoms with Crippen molar-refractivity contribution < 1.29 is 9.84 Å². The first kappa shape index (κ1) is 15.2. The Morgan fingerprint density at radius 1 is 1.09 bits per heavy atom. The number of hydrogen-bond donors (Lipinski definition) is 1. The molecule has 0 radical (unpaired) electrons. The third kappa shape index (κ3) is 1.92. The van der Waals surface area contributed by atoms with E-state index in [9.17, 15) is 5.11 Å². The van der Waals surface area contributed by atoms with Gasteiger partial charge in [0.15, 0.2) is 0 Å². The van der Waals surface area contributed by atoms with Gasteiger partial charge in [-0.2, -0.15) is 0 Å². The molecule has 1 N–H and O–H groups in total. The largest absolute Gasteiger partial charge is 0.393 e. The van der Waals surface area contributed by atoms with E-state index in [1.165, 1.54) is 38.5 Å². The third-order valence-electron chi connectivity index (χ3n) is 8.34. The Balaban J connectivity index is 1.64. The highest BCUT2D eigenvalue weighted by molar-refractivity contribution is 5.25. The summed E-state index contributed by atoms with van der Waals surface area (Å²) in [6.07, 6.45) is 12.7. The average molecular weight is 304 g/mol. The number of allylic oxidation sites excluding steroid dienone is 1. The summed E-state index contributed by atoms with van der Waals surface area (Å²) in [4.78, 5) is 0. The van der Waals surface area contributed by atoms with Crippen LogP contribution in [0.4, 0.5) is 0 Å². The lowest BCUT2D eigenvalue weighted by Gasteiger charge is -2.57. The molecule has 0 bridgehead atoms. The number of aliphatic hydroxyl groups is 1. The summed E-state index contributed by atoms with van der Waals surface area (Å²) in [7, 11) is 1.87. The molecule has 4 aliphatic carbocycles. The molecule has 3 saturated carbocycles. The molecular formula is C20H32O2. The zero-order chi connectivity index (χ0) is 15.5. The van der Waals surface area contributed by atoms with E-state index in [1.807, 2.05) is 7.11 Å². The van der Waals surface area contributed by atoms with E-state index in [0.717, 1.165) is 30.6 Å². The molecule has 0 aromatic rings. The number of methoxy groups -OCH3 is 1. The summed E-state index contributed by atoms with van der Waals surface area (Å²) >= 11 is 0. The molecule has 0 aliphatic heterocycles. The highest BCUT2D eigenvalue weighted by atomic mass is 16.5. The Morgan fingerprint density at radius 2 is 1.91 bits per heavy atom. The first-order valence-corrected chi connectivity index (χ1v) is 9.39. The number of hydrogen-bond acceptors (Lipinski definition) is 2. The van der Waals surface area contributed by atoms with Gasteiger partial charge in [0, 0.05) is 7.11 Å². The van der Waals surface area contributed by atoms with Gasteiger partial charge < -0.3 is 9.84 Å². The van der Waals surface area contributed by atoms with Gasteiger partial charge in [0.2, 0.25) is 0 Å². The summed E-state index contributed by atoms with van der Waals surface area (Å²) in [6.45, 7) is 4.91. The van der Waals surface area contributed by atoms with Crippen molar-refractivity contribution in [1.29, 1.82) is 0 Å². The summed E-state index contributed by atoms with van der Waals surface area (Å²) in [5, 5.41) is 10.5. The molecule has 3 fully saturated rings. The maximum absolute atomic E-state index is 10.5. The van der Waals surface area contributed by atoms with Gasteiger partial charge in [-0.3, -0.25) is 0 Å². The molecule has 2 heteroatoms. The molecule has 2 nitrogen and oxygen atoms in total. The monoisotopic (exact) mass is 304 g/mol. The van der Waals surface area contributed by atoms with Crippen LogP contribution in [0.25, 0.3) is 0 Å². The van der Waals surface area contributed by atoms with Gasteiger partial charge in [0.1, 0.15) is 0 Å². The van der Waals surface area contributed by atoms with Crippen LogP contribution < -0.4 is 0 Å². The van der Waals surface area contributed by atoms with Gasteiger partial charge in [0.25, 0.3) is 0 Å². The molecule has 4 rings (SSSR count). The van der Waals surface area contributed by atoms with E-state index in [2.05, 4.69) is 19.9 Å². The molecule has 7 atom stereocenters. The predicted octanol–water partition coefficient (Wildman–Crippen LogP) is 4.33.